The van der Waals surface area contributed by atoms with Gasteiger partial charge in [-0.05, 0) is 43.7 Å². The zero-order valence-corrected chi connectivity index (χ0v) is 17.0. The van der Waals surface area contributed by atoms with Gasteiger partial charge in [0.2, 0.25) is 10.0 Å². The van der Waals surface area contributed by atoms with Gasteiger partial charge in [-0.1, -0.05) is 0 Å². The van der Waals surface area contributed by atoms with Gasteiger partial charge in [0.15, 0.2) is 5.82 Å². The molecule has 0 radical (unpaired) electrons. The third-order valence-corrected chi connectivity index (χ3v) is 6.03. The van der Waals surface area contributed by atoms with E-state index in [1.807, 2.05) is 19.9 Å². The van der Waals surface area contributed by atoms with Crippen molar-refractivity contribution in [2.75, 3.05) is 25.0 Å². The summed E-state index contributed by atoms with van der Waals surface area (Å²) in [5.74, 6) is 2.00. The zero-order chi connectivity index (χ0) is 20.4. The summed E-state index contributed by atoms with van der Waals surface area (Å²) >= 11 is 0. The predicted molar refractivity (Wildman–Crippen MR) is 108 cm³/mol. The first-order chi connectivity index (χ1) is 13.9. The number of aryl methyl sites for hydroxylation is 2. The van der Waals surface area contributed by atoms with Crippen LogP contribution in [0.3, 0.4) is 0 Å². The largest absolute Gasteiger partial charge is 0.493 e. The van der Waals surface area contributed by atoms with Gasteiger partial charge in [-0.3, -0.25) is 0 Å². The Bertz CT molecular complexity index is 1140. The summed E-state index contributed by atoms with van der Waals surface area (Å²) in [6, 6.07) is 8.67. The highest BCUT2D eigenvalue weighted by Crippen LogP contribution is 2.27. The van der Waals surface area contributed by atoms with Crippen molar-refractivity contribution in [3.8, 4) is 11.6 Å². The van der Waals surface area contributed by atoms with Gasteiger partial charge < -0.3 is 10.1 Å². The number of anilines is 1. The number of fused-ring (bicyclic) bond motifs is 1. The number of aromatic nitrogens is 4. The zero-order valence-electron chi connectivity index (χ0n) is 16.2. The van der Waals surface area contributed by atoms with E-state index < -0.39 is 10.0 Å². The smallest absolute Gasteiger partial charge is 0.240 e. The van der Waals surface area contributed by atoms with Crippen LogP contribution in [-0.4, -0.2) is 47.9 Å². The molecule has 0 fully saturated rings. The summed E-state index contributed by atoms with van der Waals surface area (Å²) in [6.45, 7) is 5.06. The Morgan fingerprint density at radius 2 is 2.00 bits per heavy atom. The Balaban J connectivity index is 1.36. The first-order valence-electron chi connectivity index (χ1n) is 9.27. The topological polar surface area (TPSA) is 111 Å². The van der Waals surface area contributed by atoms with Gasteiger partial charge in [0.05, 0.1) is 17.2 Å². The number of hydrogen-bond donors (Lipinski definition) is 2. The molecule has 0 spiro atoms. The molecule has 3 heterocycles. The van der Waals surface area contributed by atoms with Crippen molar-refractivity contribution >= 4 is 15.8 Å². The summed E-state index contributed by atoms with van der Waals surface area (Å²) in [5, 5.41) is 7.51. The molecule has 4 rings (SSSR count). The molecule has 0 saturated heterocycles. The van der Waals surface area contributed by atoms with Crippen LogP contribution < -0.4 is 14.8 Å². The molecule has 0 aliphatic carbocycles. The van der Waals surface area contributed by atoms with Gasteiger partial charge in [0, 0.05) is 31.3 Å². The van der Waals surface area contributed by atoms with E-state index in [2.05, 4.69) is 25.1 Å². The fourth-order valence-corrected chi connectivity index (χ4v) is 4.29. The van der Waals surface area contributed by atoms with E-state index >= 15 is 0 Å². The lowest BCUT2D eigenvalue weighted by Gasteiger charge is -2.10. The molecule has 2 N–H and O–H groups in total. The van der Waals surface area contributed by atoms with Gasteiger partial charge in [-0.25, -0.2) is 27.8 Å². The number of benzene rings is 1. The number of rotatable bonds is 7. The average Bonchev–Trinajstić information content (AvgIpc) is 3.30. The summed E-state index contributed by atoms with van der Waals surface area (Å²) in [5.41, 5.74) is 2.80. The van der Waals surface area contributed by atoms with E-state index in [-0.39, 0.29) is 11.4 Å². The Kier molecular flexibility index (Phi) is 5.20. The SMILES string of the molecule is Cc1cc(C)n(-c2cc(NCCNS(=O)(=O)c3ccc4c(c3)CCO4)ncn2)n1. The lowest BCUT2D eigenvalue weighted by molar-refractivity contribution is 0.356. The number of sulfonamides is 1. The maximum absolute atomic E-state index is 12.5. The van der Waals surface area contributed by atoms with Crippen molar-refractivity contribution in [3.63, 3.8) is 0 Å². The van der Waals surface area contributed by atoms with Crippen molar-refractivity contribution < 1.29 is 13.2 Å². The maximum atomic E-state index is 12.5. The molecule has 9 nitrogen and oxygen atoms in total. The van der Waals surface area contributed by atoms with Gasteiger partial charge in [0.1, 0.15) is 17.9 Å². The molecule has 152 valence electrons. The molecule has 2 aromatic heterocycles. The van der Waals surface area contributed by atoms with Crippen molar-refractivity contribution in [2.24, 2.45) is 0 Å². The minimum Gasteiger partial charge on any atom is -0.493 e. The van der Waals surface area contributed by atoms with E-state index in [0.29, 0.717) is 24.8 Å². The van der Waals surface area contributed by atoms with E-state index in [9.17, 15) is 8.42 Å². The van der Waals surface area contributed by atoms with Crippen molar-refractivity contribution in [1.82, 2.24) is 24.5 Å². The number of nitrogens with zero attached hydrogens (tertiary/aromatic N) is 4. The van der Waals surface area contributed by atoms with Crippen LogP contribution in [-0.2, 0) is 16.4 Å². The minimum absolute atomic E-state index is 0.217. The molecule has 0 amide bonds. The highest BCUT2D eigenvalue weighted by molar-refractivity contribution is 7.89. The van der Waals surface area contributed by atoms with Gasteiger partial charge >= 0.3 is 0 Å². The number of hydrogen-bond acceptors (Lipinski definition) is 7. The van der Waals surface area contributed by atoms with Crippen LogP contribution in [0.1, 0.15) is 17.0 Å². The quantitative estimate of drug-likeness (QED) is 0.565. The summed E-state index contributed by atoms with van der Waals surface area (Å²) in [4.78, 5) is 8.67. The third kappa shape index (κ3) is 4.22. The van der Waals surface area contributed by atoms with Crippen LogP contribution in [0.4, 0.5) is 5.82 Å². The molecule has 0 bridgehead atoms. The highest BCUT2D eigenvalue weighted by Gasteiger charge is 2.18. The normalized spacial score (nSPS) is 13.2. The van der Waals surface area contributed by atoms with Crippen LogP contribution >= 0.6 is 0 Å². The standard InChI is InChI=1S/C19H22N6O3S/c1-13-9-14(2)25(24-13)19-11-18(21-12-22-19)20-6-7-23-29(26,27)16-3-4-17-15(10-16)5-8-28-17/h3-4,9-12,23H,5-8H2,1-2H3,(H,20,21,22). The molecule has 1 aliphatic heterocycles. The van der Waals surface area contributed by atoms with E-state index in [4.69, 9.17) is 4.74 Å². The van der Waals surface area contributed by atoms with Gasteiger partial charge in [-0.2, -0.15) is 5.10 Å². The molecule has 0 atom stereocenters. The van der Waals surface area contributed by atoms with Crippen molar-refractivity contribution in [1.29, 1.82) is 0 Å². The molecule has 1 aromatic carbocycles. The molecular formula is C19H22N6O3S. The van der Waals surface area contributed by atoms with Crippen LogP contribution in [0, 0.1) is 13.8 Å². The number of ether oxygens (including phenoxy) is 1. The first kappa shape index (κ1) is 19.3. The molecule has 10 heteroatoms. The maximum Gasteiger partial charge on any atom is 0.240 e. The predicted octanol–water partition coefficient (Wildman–Crippen LogP) is 1.60. The van der Waals surface area contributed by atoms with Crippen LogP contribution in [0.25, 0.3) is 5.82 Å². The van der Waals surface area contributed by atoms with Gasteiger partial charge in [-0.15, -0.1) is 0 Å². The Hall–Kier alpha value is -2.98. The van der Waals surface area contributed by atoms with E-state index in [0.717, 1.165) is 29.1 Å². The highest BCUT2D eigenvalue weighted by atomic mass is 32.2. The average molecular weight is 414 g/mol. The molecule has 3 aromatic rings. The fraction of sp³-hybridized carbons (Fsp3) is 0.316. The lowest BCUT2D eigenvalue weighted by atomic mass is 10.2. The second-order valence-electron chi connectivity index (χ2n) is 6.79. The molecular weight excluding hydrogens is 392 g/mol. The Morgan fingerprint density at radius 3 is 2.79 bits per heavy atom. The second kappa shape index (κ2) is 7.80. The molecule has 29 heavy (non-hydrogen) atoms. The van der Waals surface area contributed by atoms with Crippen LogP contribution in [0.15, 0.2) is 41.6 Å². The number of nitrogens with one attached hydrogen (secondary N) is 2. The van der Waals surface area contributed by atoms with E-state index in [1.54, 1.807) is 28.9 Å². The molecule has 0 unspecified atom stereocenters. The van der Waals surface area contributed by atoms with Gasteiger partial charge in [0.25, 0.3) is 0 Å². The Labute approximate surface area is 169 Å². The summed E-state index contributed by atoms with van der Waals surface area (Å²) < 4.78 is 34.8. The second-order valence-corrected chi connectivity index (χ2v) is 8.56. The summed E-state index contributed by atoms with van der Waals surface area (Å²) in [6.07, 6.45) is 2.18. The monoisotopic (exact) mass is 414 g/mol. The Morgan fingerprint density at radius 1 is 1.14 bits per heavy atom. The lowest BCUT2D eigenvalue weighted by Crippen LogP contribution is -2.29. The van der Waals surface area contributed by atoms with E-state index in [1.165, 1.54) is 6.33 Å². The third-order valence-electron chi connectivity index (χ3n) is 4.57. The van der Waals surface area contributed by atoms with Crippen molar-refractivity contribution in [3.05, 3.63) is 53.6 Å². The van der Waals surface area contributed by atoms with Crippen LogP contribution in [0.5, 0.6) is 5.75 Å². The fourth-order valence-electron chi connectivity index (χ4n) is 3.21. The first-order valence-corrected chi connectivity index (χ1v) is 10.8. The molecule has 0 saturated carbocycles. The minimum atomic E-state index is -3.58. The molecule has 1 aliphatic rings. The van der Waals surface area contributed by atoms with Crippen LogP contribution in [0.2, 0.25) is 0 Å². The summed E-state index contributed by atoms with van der Waals surface area (Å²) in [7, 11) is -3.58. The van der Waals surface area contributed by atoms with Crippen molar-refractivity contribution in [2.45, 2.75) is 25.2 Å².